The third-order valence-electron chi connectivity index (χ3n) is 9.75. The minimum Gasteiger partial charge on any atom is -0.458 e. The molecular formula is C57H50O11. The van der Waals surface area contributed by atoms with Gasteiger partial charge in [-0.25, -0.2) is 24.2 Å². The molecule has 0 heterocycles. The fraction of sp³-hybridized carbons (Fsp3) is 0.0702. The van der Waals surface area contributed by atoms with Crippen LogP contribution in [-0.2, 0) is 24.2 Å². The zero-order valence-corrected chi connectivity index (χ0v) is 37.6. The molecule has 344 valence electrons. The number of rotatable bonds is 19. The Morgan fingerprint density at radius 3 is 1.06 bits per heavy atom. The molecule has 0 fully saturated rings. The van der Waals surface area contributed by atoms with Crippen molar-refractivity contribution in [3.05, 3.63) is 242 Å². The van der Waals surface area contributed by atoms with Gasteiger partial charge in [-0.15, -0.1) is 0 Å². The van der Waals surface area contributed by atoms with Crippen LogP contribution in [0.2, 0.25) is 0 Å². The highest BCUT2D eigenvalue weighted by Gasteiger charge is 2.12. The van der Waals surface area contributed by atoms with Crippen LogP contribution in [0, 0.1) is 0 Å². The molecule has 2 unspecified atom stereocenters. The van der Waals surface area contributed by atoms with Gasteiger partial charge in [0.2, 0.25) is 0 Å². The number of allylic oxidation sites excluding steroid dienone is 1. The third kappa shape index (κ3) is 15.3. The Balaban J connectivity index is 0.000000255. The normalized spacial score (nSPS) is 11.6. The minimum absolute atomic E-state index is 0.306. The monoisotopic (exact) mass is 910 g/mol. The summed E-state index contributed by atoms with van der Waals surface area (Å²) in [7, 11) is 0. The van der Waals surface area contributed by atoms with Gasteiger partial charge in [0, 0.05) is 17.2 Å². The van der Waals surface area contributed by atoms with Crippen LogP contribution < -0.4 is 18.9 Å². The van der Waals surface area contributed by atoms with E-state index in [0.717, 1.165) is 39.5 Å². The molecular weight excluding hydrogens is 861 g/mol. The van der Waals surface area contributed by atoms with Crippen molar-refractivity contribution in [3.63, 3.8) is 0 Å². The zero-order chi connectivity index (χ0) is 49.0. The summed E-state index contributed by atoms with van der Waals surface area (Å²) in [5.41, 5.74) is 7.96. The Hall–Kier alpha value is -8.45. The number of hydrogen-bond donors (Lipinski definition) is 2. The van der Waals surface area contributed by atoms with E-state index in [1.54, 1.807) is 92.7 Å². The summed E-state index contributed by atoms with van der Waals surface area (Å²) in [6.45, 7) is 21.0. The van der Waals surface area contributed by atoms with E-state index in [-0.39, 0.29) is 0 Å². The highest BCUT2D eigenvalue weighted by atomic mass is 17.1. The molecule has 0 aliphatic carbocycles. The van der Waals surface area contributed by atoms with E-state index in [2.05, 4.69) is 42.7 Å². The summed E-state index contributed by atoms with van der Waals surface area (Å²) in [6, 6.07) is 44.0. The number of benzene rings is 6. The molecule has 6 aromatic rings. The van der Waals surface area contributed by atoms with Crippen molar-refractivity contribution >= 4 is 30.1 Å². The van der Waals surface area contributed by atoms with Gasteiger partial charge in [-0.2, -0.15) is 0 Å². The minimum atomic E-state index is -0.699. The first-order valence-electron chi connectivity index (χ1n) is 21.0. The van der Waals surface area contributed by atoms with Gasteiger partial charge in [0.15, 0.2) is 0 Å². The fourth-order valence-electron chi connectivity index (χ4n) is 6.01. The zero-order valence-electron chi connectivity index (χ0n) is 37.6. The molecule has 6 aromatic carbocycles. The Morgan fingerprint density at radius 1 is 0.441 bits per heavy atom. The Morgan fingerprint density at radius 2 is 0.750 bits per heavy atom. The van der Waals surface area contributed by atoms with E-state index < -0.39 is 30.1 Å². The molecule has 0 radical (unpaired) electrons. The van der Waals surface area contributed by atoms with Crippen LogP contribution in [0.15, 0.2) is 220 Å². The molecule has 0 bridgehead atoms. The Bertz CT molecular complexity index is 2770. The lowest BCUT2D eigenvalue weighted by atomic mass is 10.0. The van der Waals surface area contributed by atoms with Gasteiger partial charge in [0.05, 0.1) is 0 Å². The van der Waals surface area contributed by atoms with E-state index >= 15 is 0 Å². The van der Waals surface area contributed by atoms with Crippen molar-refractivity contribution in [2.24, 2.45) is 0 Å². The van der Waals surface area contributed by atoms with E-state index in [9.17, 15) is 24.9 Å². The molecule has 0 aliphatic heterocycles. The maximum Gasteiger partial charge on any atom is 0.338 e. The fourth-order valence-corrected chi connectivity index (χ4v) is 6.01. The molecule has 0 saturated heterocycles. The molecule has 0 saturated carbocycles. The lowest BCUT2D eigenvalue weighted by Crippen LogP contribution is -2.08. The van der Waals surface area contributed by atoms with Crippen LogP contribution in [-0.4, -0.2) is 28.4 Å². The molecule has 0 aliphatic rings. The van der Waals surface area contributed by atoms with Crippen molar-refractivity contribution in [2.45, 2.75) is 26.1 Å². The predicted molar refractivity (Wildman–Crippen MR) is 264 cm³/mol. The molecule has 68 heavy (non-hydrogen) atoms. The molecule has 11 heteroatoms. The van der Waals surface area contributed by atoms with Crippen molar-refractivity contribution < 1.29 is 53.6 Å². The quantitative estimate of drug-likeness (QED) is 0.0152. The van der Waals surface area contributed by atoms with E-state index in [1.165, 1.54) is 0 Å². The summed E-state index contributed by atoms with van der Waals surface area (Å²) < 4.78 is 21.0. The first-order valence-corrected chi connectivity index (χ1v) is 21.0. The molecule has 0 spiro atoms. The first-order chi connectivity index (χ1) is 32.8. The van der Waals surface area contributed by atoms with Crippen LogP contribution in [0.4, 0.5) is 0 Å². The average Bonchev–Trinajstić information content (AvgIpc) is 3.36. The summed E-state index contributed by atoms with van der Waals surface area (Å²) in [5, 5.41) is 18.7. The molecule has 2 atom stereocenters. The van der Waals surface area contributed by atoms with Gasteiger partial charge in [0.1, 0.15) is 41.0 Å². The second kappa shape index (κ2) is 25.3. The van der Waals surface area contributed by atoms with Gasteiger partial charge >= 0.3 is 17.9 Å². The molecule has 0 aromatic heterocycles. The number of esters is 3. The Labute approximate surface area is 395 Å². The molecule has 6 rings (SSSR count). The number of carbonyl (C=O) groups excluding carboxylic acids is 3. The number of ether oxygens (including phenoxy) is 4. The molecule has 2 N–H and O–H groups in total. The Kier molecular flexibility index (Phi) is 18.8. The molecule has 0 amide bonds. The largest absolute Gasteiger partial charge is 0.458 e. The SMILES string of the molecule is C=C(C)C(=O)Oc1ccc(-c2ccc(/C=C/C(OO)c3ccc(OC(=O)C(=C)C)cc3)cc2)cc1.C=CC(=C)Oc1ccc(-c2ccc(/C=C/C(OO)c3ccc(OC(=O)C=C)cc3)cc2)cc1. The van der Waals surface area contributed by atoms with E-state index in [1.807, 2.05) is 97.1 Å². The highest BCUT2D eigenvalue weighted by Crippen LogP contribution is 2.28. The van der Waals surface area contributed by atoms with Gasteiger partial charge in [0.25, 0.3) is 0 Å². The second-order valence-corrected chi connectivity index (χ2v) is 14.9. The lowest BCUT2D eigenvalue weighted by Gasteiger charge is -2.11. The van der Waals surface area contributed by atoms with Crippen molar-refractivity contribution in [1.29, 1.82) is 0 Å². The standard InChI is InChI=1S/C29H26O6.C28H24O5/c1-19(2)28(30)33-25-14-10-23(11-15-25)22-8-5-21(6-9-22)7-18-27(35-32)24-12-16-26(17-13-24)34-29(31)20(3)4;1-4-20(3)31-25-15-11-23(12-16-25)22-9-6-21(7-10-22)8-19-27(33-30)24-13-17-26(18-14-24)32-28(29)5-2/h5-18,27,32H,1,3H2,2,4H3;4-19,27,30H,1-3H2/b18-7+;19-8+. The third-order valence-corrected chi connectivity index (χ3v) is 9.75. The van der Waals surface area contributed by atoms with Crippen LogP contribution in [0.25, 0.3) is 34.4 Å². The topological polar surface area (TPSA) is 147 Å². The van der Waals surface area contributed by atoms with Crippen LogP contribution in [0.5, 0.6) is 23.0 Å². The predicted octanol–water partition coefficient (Wildman–Crippen LogP) is 13.3. The van der Waals surface area contributed by atoms with Crippen molar-refractivity contribution in [1.82, 2.24) is 0 Å². The summed E-state index contributed by atoms with van der Waals surface area (Å²) >= 11 is 0. The molecule has 11 nitrogen and oxygen atoms in total. The second-order valence-electron chi connectivity index (χ2n) is 14.9. The number of hydrogen-bond acceptors (Lipinski definition) is 11. The maximum atomic E-state index is 11.6. The first kappa shape index (κ1) is 50.5. The maximum absolute atomic E-state index is 11.6. The summed E-state index contributed by atoms with van der Waals surface area (Å²) in [6.07, 6.45) is 8.41. The van der Waals surface area contributed by atoms with E-state index in [0.29, 0.717) is 51.0 Å². The van der Waals surface area contributed by atoms with Gasteiger partial charge < -0.3 is 18.9 Å². The van der Waals surface area contributed by atoms with Crippen LogP contribution >= 0.6 is 0 Å². The van der Waals surface area contributed by atoms with Gasteiger partial charge in [-0.3, -0.25) is 10.5 Å². The smallest absolute Gasteiger partial charge is 0.338 e. The van der Waals surface area contributed by atoms with Crippen LogP contribution in [0.3, 0.4) is 0 Å². The average molecular weight is 911 g/mol. The van der Waals surface area contributed by atoms with Gasteiger partial charge in [-0.1, -0.05) is 142 Å². The lowest BCUT2D eigenvalue weighted by molar-refractivity contribution is -0.268. The van der Waals surface area contributed by atoms with Crippen molar-refractivity contribution in [3.8, 4) is 45.3 Å². The van der Waals surface area contributed by atoms with Gasteiger partial charge in [-0.05, 0) is 125 Å². The van der Waals surface area contributed by atoms with E-state index in [4.69, 9.17) is 18.9 Å². The summed E-state index contributed by atoms with van der Waals surface area (Å²) in [4.78, 5) is 43.7. The number of carbonyl (C=O) groups is 3. The summed E-state index contributed by atoms with van der Waals surface area (Å²) in [5.74, 6) is 0.910. The van der Waals surface area contributed by atoms with Crippen LogP contribution in [0.1, 0.15) is 48.3 Å². The van der Waals surface area contributed by atoms with Crippen molar-refractivity contribution in [2.75, 3.05) is 0 Å². The highest BCUT2D eigenvalue weighted by molar-refractivity contribution is 5.89.